The molecule has 2 aromatic rings. The standard InChI is InChI=1S/C21H21F2NO5/c1-21(2,3)29-20(27)24-10-16(11-24)28-15-7-12(6-13(8-15)19(25)26)17-9-14(22)4-5-18(17)23/h4-9,16H,10-11H2,1-3H3,(H,25,26). The Balaban J connectivity index is 1.77. The lowest BCUT2D eigenvalue weighted by atomic mass is 10.0. The van der Waals surface area contributed by atoms with Gasteiger partial charge in [-0.3, -0.25) is 0 Å². The molecule has 1 heterocycles. The summed E-state index contributed by atoms with van der Waals surface area (Å²) in [6, 6.07) is 6.95. The molecule has 1 amide bonds. The van der Waals surface area contributed by atoms with Crippen molar-refractivity contribution in [3.05, 3.63) is 53.6 Å². The van der Waals surface area contributed by atoms with Gasteiger partial charge in [-0.15, -0.1) is 0 Å². The van der Waals surface area contributed by atoms with Crippen molar-refractivity contribution in [2.24, 2.45) is 0 Å². The van der Waals surface area contributed by atoms with E-state index in [1.165, 1.54) is 23.1 Å². The summed E-state index contributed by atoms with van der Waals surface area (Å²) in [6.07, 6.45) is -0.823. The van der Waals surface area contributed by atoms with E-state index in [0.717, 1.165) is 18.2 Å². The molecule has 8 heteroatoms. The Morgan fingerprint density at radius 2 is 1.79 bits per heavy atom. The topological polar surface area (TPSA) is 76.1 Å². The van der Waals surface area contributed by atoms with E-state index in [-0.39, 0.29) is 41.6 Å². The van der Waals surface area contributed by atoms with Crippen molar-refractivity contribution in [1.29, 1.82) is 0 Å². The minimum atomic E-state index is -1.22. The van der Waals surface area contributed by atoms with Crippen molar-refractivity contribution >= 4 is 12.1 Å². The van der Waals surface area contributed by atoms with Gasteiger partial charge in [0.2, 0.25) is 0 Å². The molecule has 2 aromatic carbocycles. The number of benzene rings is 2. The molecule has 0 unspecified atom stereocenters. The van der Waals surface area contributed by atoms with E-state index >= 15 is 0 Å². The zero-order valence-electron chi connectivity index (χ0n) is 16.2. The van der Waals surface area contributed by atoms with Crippen LogP contribution in [0.5, 0.6) is 5.75 Å². The second-order valence-corrected chi connectivity index (χ2v) is 7.80. The number of likely N-dealkylation sites (tertiary alicyclic amines) is 1. The van der Waals surface area contributed by atoms with Gasteiger partial charge in [0.25, 0.3) is 0 Å². The molecule has 1 saturated heterocycles. The van der Waals surface area contributed by atoms with Crippen molar-refractivity contribution in [3.63, 3.8) is 0 Å². The fourth-order valence-corrected chi connectivity index (χ4v) is 2.85. The maximum Gasteiger partial charge on any atom is 0.410 e. The third-order valence-corrected chi connectivity index (χ3v) is 4.20. The fraction of sp³-hybridized carbons (Fsp3) is 0.333. The maximum atomic E-state index is 14.1. The molecule has 0 aromatic heterocycles. The number of ether oxygens (including phenoxy) is 2. The Kier molecular flexibility index (Phi) is 5.46. The van der Waals surface area contributed by atoms with Crippen molar-refractivity contribution in [2.45, 2.75) is 32.5 Å². The number of aromatic carboxylic acids is 1. The summed E-state index contributed by atoms with van der Waals surface area (Å²) in [6.45, 7) is 5.85. The van der Waals surface area contributed by atoms with Crippen LogP contribution in [-0.2, 0) is 4.74 Å². The summed E-state index contributed by atoms with van der Waals surface area (Å²) in [5.41, 5.74) is -0.616. The van der Waals surface area contributed by atoms with Gasteiger partial charge in [0.15, 0.2) is 0 Å². The highest BCUT2D eigenvalue weighted by molar-refractivity contribution is 5.90. The second-order valence-electron chi connectivity index (χ2n) is 7.80. The van der Waals surface area contributed by atoms with Crippen LogP contribution in [0.4, 0.5) is 13.6 Å². The van der Waals surface area contributed by atoms with Gasteiger partial charge >= 0.3 is 12.1 Å². The highest BCUT2D eigenvalue weighted by Crippen LogP contribution is 2.30. The molecule has 6 nitrogen and oxygen atoms in total. The molecule has 0 bridgehead atoms. The maximum absolute atomic E-state index is 14.1. The quantitative estimate of drug-likeness (QED) is 0.820. The van der Waals surface area contributed by atoms with E-state index in [1.807, 2.05) is 0 Å². The minimum Gasteiger partial charge on any atom is -0.487 e. The summed E-state index contributed by atoms with van der Waals surface area (Å²) in [7, 11) is 0. The molecule has 0 radical (unpaired) electrons. The molecule has 154 valence electrons. The number of carboxylic acid groups (broad SMARTS) is 1. The van der Waals surface area contributed by atoms with Crippen LogP contribution < -0.4 is 4.74 Å². The monoisotopic (exact) mass is 405 g/mol. The highest BCUT2D eigenvalue weighted by Gasteiger charge is 2.35. The summed E-state index contributed by atoms with van der Waals surface area (Å²) in [5, 5.41) is 9.34. The Hall–Kier alpha value is -3.16. The number of hydrogen-bond donors (Lipinski definition) is 1. The SMILES string of the molecule is CC(C)(C)OC(=O)N1CC(Oc2cc(C(=O)O)cc(-c3cc(F)ccc3F)c2)C1. The number of rotatable bonds is 4. The average molecular weight is 405 g/mol. The van der Waals surface area contributed by atoms with Gasteiger partial charge in [0, 0.05) is 5.56 Å². The van der Waals surface area contributed by atoms with E-state index in [2.05, 4.69) is 0 Å². The smallest absolute Gasteiger partial charge is 0.410 e. The van der Waals surface area contributed by atoms with Gasteiger partial charge in [-0.25, -0.2) is 18.4 Å². The normalized spacial score (nSPS) is 14.3. The van der Waals surface area contributed by atoms with Gasteiger partial charge in [-0.05, 0) is 62.7 Å². The molecule has 0 aliphatic carbocycles. The number of carboxylic acids is 1. The number of halogens is 2. The molecule has 0 atom stereocenters. The van der Waals surface area contributed by atoms with Crippen LogP contribution in [0.15, 0.2) is 36.4 Å². The lowest BCUT2D eigenvalue weighted by Gasteiger charge is -2.39. The van der Waals surface area contributed by atoms with Crippen molar-refractivity contribution in [2.75, 3.05) is 13.1 Å². The van der Waals surface area contributed by atoms with Crippen LogP contribution in [0.3, 0.4) is 0 Å². The third kappa shape index (κ3) is 5.01. The summed E-state index contributed by atoms with van der Waals surface area (Å²) in [4.78, 5) is 24.9. The first-order valence-corrected chi connectivity index (χ1v) is 9.00. The van der Waals surface area contributed by atoms with Gasteiger partial charge in [0.05, 0.1) is 18.7 Å². The zero-order valence-corrected chi connectivity index (χ0v) is 16.2. The zero-order chi connectivity index (χ0) is 21.3. The van der Waals surface area contributed by atoms with E-state index in [1.54, 1.807) is 20.8 Å². The lowest BCUT2D eigenvalue weighted by Crippen LogP contribution is -2.57. The number of nitrogens with zero attached hydrogens (tertiary/aromatic N) is 1. The van der Waals surface area contributed by atoms with Crippen molar-refractivity contribution in [1.82, 2.24) is 4.90 Å². The van der Waals surface area contributed by atoms with Crippen LogP contribution >= 0.6 is 0 Å². The number of carbonyl (C=O) groups excluding carboxylic acids is 1. The summed E-state index contributed by atoms with van der Waals surface area (Å²) >= 11 is 0. The van der Waals surface area contributed by atoms with E-state index in [9.17, 15) is 23.5 Å². The lowest BCUT2D eigenvalue weighted by molar-refractivity contribution is -0.0221. The molecular formula is C21H21F2NO5. The summed E-state index contributed by atoms with van der Waals surface area (Å²) in [5.74, 6) is -2.36. The van der Waals surface area contributed by atoms with Crippen molar-refractivity contribution in [3.8, 4) is 16.9 Å². The molecule has 1 aliphatic heterocycles. The molecule has 1 fully saturated rings. The van der Waals surface area contributed by atoms with Crippen LogP contribution in [0.1, 0.15) is 31.1 Å². The second kappa shape index (κ2) is 7.69. The highest BCUT2D eigenvalue weighted by atomic mass is 19.1. The molecular weight excluding hydrogens is 384 g/mol. The predicted molar refractivity (Wildman–Crippen MR) is 101 cm³/mol. The number of amides is 1. The molecule has 0 spiro atoms. The molecule has 29 heavy (non-hydrogen) atoms. The van der Waals surface area contributed by atoms with Gasteiger partial charge in [0.1, 0.15) is 29.1 Å². The summed E-state index contributed by atoms with van der Waals surface area (Å²) < 4.78 is 38.7. The molecule has 3 rings (SSSR count). The minimum absolute atomic E-state index is 0.0676. The largest absolute Gasteiger partial charge is 0.487 e. The molecule has 0 saturated carbocycles. The Morgan fingerprint density at radius 1 is 1.10 bits per heavy atom. The van der Waals surface area contributed by atoms with Gasteiger partial charge < -0.3 is 19.5 Å². The Bertz CT molecular complexity index is 949. The third-order valence-electron chi connectivity index (χ3n) is 4.20. The van der Waals surface area contributed by atoms with Gasteiger partial charge in [-0.1, -0.05) is 0 Å². The van der Waals surface area contributed by atoms with Crippen molar-refractivity contribution < 1.29 is 33.0 Å². The van der Waals surface area contributed by atoms with E-state index < -0.39 is 29.3 Å². The van der Waals surface area contributed by atoms with Crippen LogP contribution in [-0.4, -0.2) is 46.9 Å². The molecule has 1 N–H and O–H groups in total. The average Bonchev–Trinajstić information content (AvgIpc) is 2.57. The molecule has 1 aliphatic rings. The van der Waals surface area contributed by atoms with Crippen LogP contribution in [0.2, 0.25) is 0 Å². The van der Waals surface area contributed by atoms with E-state index in [4.69, 9.17) is 9.47 Å². The number of hydrogen-bond acceptors (Lipinski definition) is 4. The first-order valence-electron chi connectivity index (χ1n) is 9.00. The first-order chi connectivity index (χ1) is 13.5. The predicted octanol–water partition coefficient (Wildman–Crippen LogP) is 4.33. The van der Waals surface area contributed by atoms with Crippen LogP contribution in [0, 0.1) is 11.6 Å². The van der Waals surface area contributed by atoms with Gasteiger partial charge in [-0.2, -0.15) is 0 Å². The Morgan fingerprint density at radius 3 is 2.41 bits per heavy atom. The van der Waals surface area contributed by atoms with Crippen LogP contribution in [0.25, 0.3) is 11.1 Å². The van der Waals surface area contributed by atoms with E-state index in [0.29, 0.717) is 0 Å². The Labute approximate surface area is 166 Å². The number of carbonyl (C=O) groups is 2. The first kappa shape index (κ1) is 20.6. The fourth-order valence-electron chi connectivity index (χ4n) is 2.85.